The lowest BCUT2D eigenvalue weighted by atomic mass is 10.1. The molecular weight excluding hydrogens is 581 g/mol. The van der Waals surface area contributed by atoms with Crippen molar-refractivity contribution in [1.29, 1.82) is 0 Å². The number of nitrogens with zero attached hydrogens (tertiary/aromatic N) is 5. The Labute approximate surface area is 237 Å². The number of amides is 1. The van der Waals surface area contributed by atoms with Crippen LogP contribution >= 0.6 is 11.3 Å². The molecule has 1 aromatic carbocycles. The second-order valence-corrected chi connectivity index (χ2v) is 15.1. The third kappa shape index (κ3) is 6.37. The van der Waals surface area contributed by atoms with Gasteiger partial charge >= 0.3 is 0 Å². The first-order chi connectivity index (χ1) is 19.1. The molecule has 1 atom stereocenters. The highest BCUT2D eigenvalue weighted by Gasteiger charge is 2.32. The summed E-state index contributed by atoms with van der Waals surface area (Å²) in [7, 11) is -5.35. The number of piperazine rings is 1. The Morgan fingerprint density at radius 2 is 1.70 bits per heavy atom. The molecule has 5 rings (SSSR count). The van der Waals surface area contributed by atoms with Crippen molar-refractivity contribution in [3.05, 3.63) is 36.0 Å². The quantitative estimate of drug-likeness (QED) is 0.413. The summed E-state index contributed by atoms with van der Waals surface area (Å²) in [6.07, 6.45) is 1.69. The van der Waals surface area contributed by atoms with E-state index in [1.807, 2.05) is 7.05 Å². The predicted octanol–water partition coefficient (Wildman–Crippen LogP) is 0.317. The van der Waals surface area contributed by atoms with Crippen LogP contribution in [0.4, 0.5) is 5.13 Å². The van der Waals surface area contributed by atoms with Crippen molar-refractivity contribution in [3.63, 3.8) is 0 Å². The number of nitrogens with one attached hydrogen (secondary N) is 1. The molecule has 1 amide bonds. The maximum Gasteiger partial charge on any atom is 0.278 e. The average molecular weight is 613 g/mol. The largest absolute Gasteiger partial charge is 0.380 e. The minimum atomic E-state index is -3.73. The summed E-state index contributed by atoms with van der Waals surface area (Å²) >= 11 is 0.875. The van der Waals surface area contributed by atoms with Gasteiger partial charge in [0.2, 0.25) is 0 Å². The molecule has 3 fully saturated rings. The SMILES string of the molecule is CN1CCN(S(=O)(=O)c2cnc(NC(=O)/C(=N/N3CCOCC3)c3ccc(S(=O)(=O)C4CCOC4)cc3)s2)CC1. The number of morpholine rings is 1. The van der Waals surface area contributed by atoms with Crippen molar-refractivity contribution in [2.24, 2.45) is 5.10 Å². The monoisotopic (exact) mass is 612 g/mol. The van der Waals surface area contributed by atoms with Crippen LogP contribution in [0.3, 0.4) is 0 Å². The van der Waals surface area contributed by atoms with Crippen LogP contribution in [0.5, 0.6) is 0 Å². The van der Waals surface area contributed by atoms with Crippen molar-refractivity contribution < 1.29 is 31.1 Å². The lowest BCUT2D eigenvalue weighted by Crippen LogP contribution is -2.46. The maximum atomic E-state index is 13.4. The van der Waals surface area contributed by atoms with Gasteiger partial charge in [-0.15, -0.1) is 0 Å². The van der Waals surface area contributed by atoms with Crippen LogP contribution in [0.15, 0.2) is 44.7 Å². The molecule has 0 saturated carbocycles. The van der Waals surface area contributed by atoms with E-state index >= 15 is 0 Å². The molecule has 0 radical (unpaired) electrons. The highest BCUT2D eigenvalue weighted by atomic mass is 32.2. The van der Waals surface area contributed by atoms with Crippen LogP contribution in [-0.4, -0.2) is 126 Å². The van der Waals surface area contributed by atoms with Gasteiger partial charge in [-0.05, 0) is 25.6 Å². The number of aromatic nitrogens is 1. The van der Waals surface area contributed by atoms with Crippen LogP contribution in [-0.2, 0) is 34.1 Å². The van der Waals surface area contributed by atoms with Gasteiger partial charge < -0.3 is 14.4 Å². The second-order valence-electron chi connectivity index (χ2n) is 9.72. The molecule has 1 aromatic heterocycles. The Morgan fingerprint density at radius 1 is 1.00 bits per heavy atom. The van der Waals surface area contributed by atoms with E-state index in [1.54, 1.807) is 17.1 Å². The topological polar surface area (TPSA) is 151 Å². The van der Waals surface area contributed by atoms with E-state index in [4.69, 9.17) is 9.47 Å². The third-order valence-electron chi connectivity index (χ3n) is 6.99. The van der Waals surface area contributed by atoms with E-state index < -0.39 is 31.0 Å². The van der Waals surface area contributed by atoms with Gasteiger partial charge in [0.1, 0.15) is 0 Å². The molecule has 0 aliphatic carbocycles. The van der Waals surface area contributed by atoms with E-state index in [0.717, 1.165) is 11.3 Å². The Hall–Kier alpha value is -2.47. The average Bonchev–Trinajstić information content (AvgIpc) is 3.66. The summed E-state index contributed by atoms with van der Waals surface area (Å²) in [6, 6.07) is 6.03. The normalized spacial score (nSPS) is 22.0. The van der Waals surface area contributed by atoms with Gasteiger partial charge in [0, 0.05) is 38.3 Å². The van der Waals surface area contributed by atoms with Crippen molar-refractivity contribution in [2.45, 2.75) is 20.8 Å². The van der Waals surface area contributed by atoms with Crippen molar-refractivity contribution >= 4 is 47.9 Å². The number of sulfonamides is 1. The minimum Gasteiger partial charge on any atom is -0.380 e. The van der Waals surface area contributed by atoms with Gasteiger partial charge in [0.25, 0.3) is 15.9 Å². The standard InChI is InChI=1S/C24H32N6O7S3/c1-28-7-9-30(10-8-28)40(34,35)21-16-25-24(38-21)26-23(31)22(27-29-11-14-36-15-12-29)18-2-4-19(5-3-18)39(32,33)20-6-13-37-17-20/h2-5,16,20H,6-15,17H2,1H3,(H,25,26,31)/b27-22+. The molecule has 13 nitrogen and oxygen atoms in total. The van der Waals surface area contributed by atoms with E-state index in [2.05, 4.69) is 20.3 Å². The highest BCUT2D eigenvalue weighted by molar-refractivity contribution is 7.92. The van der Waals surface area contributed by atoms with E-state index in [0.29, 0.717) is 71.1 Å². The number of benzene rings is 1. The first-order valence-corrected chi connectivity index (χ1v) is 16.7. The summed E-state index contributed by atoms with van der Waals surface area (Å²) in [5, 5.41) is 8.45. The molecule has 3 saturated heterocycles. The van der Waals surface area contributed by atoms with Crippen LogP contribution in [0.1, 0.15) is 12.0 Å². The number of ether oxygens (including phenoxy) is 2. The number of rotatable bonds is 8. The Balaban J connectivity index is 1.36. The molecule has 40 heavy (non-hydrogen) atoms. The molecule has 2 aromatic rings. The third-order valence-corrected chi connectivity index (χ3v) is 12.4. The van der Waals surface area contributed by atoms with E-state index in [1.165, 1.54) is 22.6 Å². The Kier molecular flexibility index (Phi) is 8.84. The first-order valence-electron chi connectivity index (χ1n) is 12.9. The lowest BCUT2D eigenvalue weighted by Gasteiger charge is -2.30. The number of anilines is 1. The van der Waals surface area contributed by atoms with Crippen molar-refractivity contribution in [2.75, 3.05) is 78.1 Å². The van der Waals surface area contributed by atoms with Crippen molar-refractivity contribution in [1.82, 2.24) is 19.2 Å². The number of carbonyl (C=O) groups excluding carboxylic acids is 1. The molecule has 16 heteroatoms. The maximum absolute atomic E-state index is 13.4. The number of likely N-dealkylation sites (N-methyl/N-ethyl adjacent to an activating group) is 1. The fourth-order valence-corrected chi connectivity index (χ4v) is 8.72. The van der Waals surface area contributed by atoms with Crippen LogP contribution in [0.25, 0.3) is 0 Å². The number of thiazole rings is 1. The predicted molar refractivity (Wildman–Crippen MR) is 149 cm³/mol. The van der Waals surface area contributed by atoms with E-state index in [-0.39, 0.29) is 26.6 Å². The molecule has 3 aliphatic rings. The van der Waals surface area contributed by atoms with Gasteiger partial charge in [0.05, 0.1) is 49.3 Å². The second kappa shape index (κ2) is 12.2. The molecule has 1 unspecified atom stereocenters. The summed E-state index contributed by atoms with van der Waals surface area (Å²) in [5.74, 6) is -0.593. The van der Waals surface area contributed by atoms with E-state index in [9.17, 15) is 21.6 Å². The minimum absolute atomic E-state index is 0.0458. The van der Waals surface area contributed by atoms with Crippen LogP contribution < -0.4 is 5.32 Å². The fraction of sp³-hybridized carbons (Fsp3) is 0.542. The molecule has 3 aliphatic heterocycles. The van der Waals surface area contributed by atoms with Crippen LogP contribution in [0, 0.1) is 0 Å². The first kappa shape index (κ1) is 29.0. The van der Waals surface area contributed by atoms with Gasteiger partial charge in [-0.1, -0.05) is 23.5 Å². The lowest BCUT2D eigenvalue weighted by molar-refractivity contribution is -0.110. The van der Waals surface area contributed by atoms with Gasteiger partial charge in [-0.3, -0.25) is 15.1 Å². The van der Waals surface area contributed by atoms with Crippen molar-refractivity contribution in [3.8, 4) is 0 Å². The van der Waals surface area contributed by atoms with Gasteiger partial charge in [-0.2, -0.15) is 9.41 Å². The smallest absolute Gasteiger partial charge is 0.278 e. The molecular formula is C24H32N6O7S3. The zero-order chi connectivity index (χ0) is 28.3. The molecule has 1 N–H and O–H groups in total. The Morgan fingerprint density at radius 3 is 2.35 bits per heavy atom. The number of hydrogen-bond donors (Lipinski definition) is 1. The molecule has 0 spiro atoms. The number of hydrazone groups is 1. The summed E-state index contributed by atoms with van der Waals surface area (Å²) < 4.78 is 64.2. The number of carbonyl (C=O) groups is 1. The van der Waals surface area contributed by atoms with Gasteiger partial charge in [0.15, 0.2) is 24.9 Å². The van der Waals surface area contributed by atoms with Gasteiger partial charge in [-0.25, -0.2) is 21.8 Å². The van der Waals surface area contributed by atoms with Crippen LogP contribution in [0.2, 0.25) is 0 Å². The highest BCUT2D eigenvalue weighted by Crippen LogP contribution is 2.27. The summed E-state index contributed by atoms with van der Waals surface area (Å²) in [6.45, 7) is 4.49. The summed E-state index contributed by atoms with van der Waals surface area (Å²) in [4.78, 5) is 19.8. The number of hydrogen-bond acceptors (Lipinski definition) is 12. The number of sulfone groups is 1. The zero-order valence-electron chi connectivity index (χ0n) is 22.1. The Bertz CT molecular complexity index is 1440. The molecule has 4 heterocycles. The fourth-order valence-electron chi connectivity index (χ4n) is 4.53. The summed E-state index contributed by atoms with van der Waals surface area (Å²) in [5.41, 5.74) is 0.459. The zero-order valence-corrected chi connectivity index (χ0v) is 24.5. The molecule has 0 bridgehead atoms. The molecule has 218 valence electrons.